The lowest BCUT2D eigenvalue weighted by Gasteiger charge is -2.05. The van der Waals surface area contributed by atoms with Gasteiger partial charge >= 0.3 is 5.97 Å². The molecule has 3 rings (SSSR count). The summed E-state index contributed by atoms with van der Waals surface area (Å²) in [6.07, 6.45) is 4.81. The van der Waals surface area contributed by atoms with E-state index in [1.165, 1.54) is 16.9 Å². The Morgan fingerprint density at radius 1 is 1.50 bits per heavy atom. The van der Waals surface area contributed by atoms with Gasteiger partial charge in [0, 0.05) is 12.1 Å². The van der Waals surface area contributed by atoms with Gasteiger partial charge in [-0.3, -0.25) is 4.79 Å². The third-order valence-electron chi connectivity index (χ3n) is 3.10. The summed E-state index contributed by atoms with van der Waals surface area (Å²) in [6, 6.07) is 1.55. The molecule has 104 valence electrons. The average Bonchev–Trinajstić information content (AvgIpc) is 3.22. The minimum absolute atomic E-state index is 0.0323. The summed E-state index contributed by atoms with van der Waals surface area (Å²) in [7, 11) is 0. The van der Waals surface area contributed by atoms with Crippen molar-refractivity contribution in [3.8, 4) is 0 Å². The number of hydrogen-bond acceptors (Lipinski definition) is 5. The van der Waals surface area contributed by atoms with Crippen molar-refractivity contribution < 1.29 is 14.3 Å². The van der Waals surface area contributed by atoms with Crippen LogP contribution in [-0.4, -0.2) is 33.1 Å². The van der Waals surface area contributed by atoms with Crippen molar-refractivity contribution in [2.45, 2.75) is 19.8 Å². The molecular weight excluding hydrogens is 260 g/mol. The maximum absolute atomic E-state index is 11.8. The zero-order valence-corrected chi connectivity index (χ0v) is 11.0. The van der Waals surface area contributed by atoms with Gasteiger partial charge in [0.1, 0.15) is 5.56 Å². The quantitative estimate of drug-likeness (QED) is 0.848. The molecule has 1 aliphatic carbocycles. The topological polar surface area (TPSA) is 85.6 Å². The first-order valence-corrected chi connectivity index (χ1v) is 6.51. The van der Waals surface area contributed by atoms with Gasteiger partial charge in [-0.05, 0) is 25.8 Å². The predicted molar refractivity (Wildman–Crippen MR) is 70.3 cm³/mol. The Labute approximate surface area is 114 Å². The molecule has 7 nitrogen and oxygen atoms in total. The van der Waals surface area contributed by atoms with Gasteiger partial charge in [-0.2, -0.15) is 9.61 Å². The van der Waals surface area contributed by atoms with Crippen molar-refractivity contribution in [2.75, 3.05) is 11.9 Å². The number of rotatable bonds is 4. The van der Waals surface area contributed by atoms with Gasteiger partial charge in [-0.15, -0.1) is 0 Å². The van der Waals surface area contributed by atoms with E-state index in [-0.39, 0.29) is 11.8 Å². The van der Waals surface area contributed by atoms with Crippen LogP contribution in [0, 0.1) is 5.92 Å². The molecule has 20 heavy (non-hydrogen) atoms. The Kier molecular flexibility index (Phi) is 3.09. The zero-order chi connectivity index (χ0) is 14.1. The third-order valence-corrected chi connectivity index (χ3v) is 3.10. The molecule has 2 aromatic heterocycles. The van der Waals surface area contributed by atoms with Crippen LogP contribution in [0.3, 0.4) is 0 Å². The molecule has 0 aromatic carbocycles. The Bertz CT molecular complexity index is 675. The van der Waals surface area contributed by atoms with Gasteiger partial charge in [0.2, 0.25) is 5.91 Å². The first-order chi connectivity index (χ1) is 9.70. The fraction of sp³-hybridized carbons (Fsp3) is 0.385. The molecule has 1 amide bonds. The maximum Gasteiger partial charge on any atom is 0.342 e. The molecule has 0 spiro atoms. The van der Waals surface area contributed by atoms with E-state index in [4.69, 9.17) is 4.74 Å². The molecule has 0 bridgehead atoms. The molecule has 0 saturated heterocycles. The summed E-state index contributed by atoms with van der Waals surface area (Å²) in [5.41, 5.74) is 0.700. The highest BCUT2D eigenvalue weighted by atomic mass is 16.5. The number of hydrogen-bond donors (Lipinski definition) is 1. The van der Waals surface area contributed by atoms with Crippen LogP contribution >= 0.6 is 0 Å². The number of imidazole rings is 1. The summed E-state index contributed by atoms with van der Waals surface area (Å²) in [5, 5.41) is 6.88. The molecule has 0 unspecified atom stereocenters. The monoisotopic (exact) mass is 274 g/mol. The van der Waals surface area contributed by atoms with Gasteiger partial charge in [-0.25, -0.2) is 9.78 Å². The van der Waals surface area contributed by atoms with E-state index in [1.807, 2.05) is 0 Å². The number of nitrogens with zero attached hydrogens (tertiary/aromatic N) is 3. The van der Waals surface area contributed by atoms with E-state index in [1.54, 1.807) is 13.0 Å². The highest BCUT2D eigenvalue weighted by Gasteiger charge is 2.30. The average molecular weight is 274 g/mol. The molecule has 1 aliphatic rings. The smallest absolute Gasteiger partial charge is 0.342 e. The summed E-state index contributed by atoms with van der Waals surface area (Å²) in [6.45, 7) is 2.03. The summed E-state index contributed by atoms with van der Waals surface area (Å²) in [4.78, 5) is 27.7. The number of carbonyl (C=O) groups is 2. The number of fused-ring (bicyclic) bond motifs is 1. The number of ether oxygens (including phenoxy) is 1. The summed E-state index contributed by atoms with van der Waals surface area (Å²) in [5.74, 6) is 0.0672. The molecule has 2 heterocycles. The van der Waals surface area contributed by atoms with Crippen molar-refractivity contribution in [3.05, 3.63) is 24.0 Å². The number of aromatic nitrogens is 3. The number of anilines is 1. The summed E-state index contributed by atoms with van der Waals surface area (Å²) < 4.78 is 6.40. The third kappa shape index (κ3) is 2.22. The van der Waals surface area contributed by atoms with Gasteiger partial charge in [-0.1, -0.05) is 0 Å². The highest BCUT2D eigenvalue weighted by molar-refractivity contribution is 5.97. The lowest BCUT2D eigenvalue weighted by atomic mass is 10.3. The van der Waals surface area contributed by atoms with Gasteiger partial charge in [0.25, 0.3) is 0 Å². The Balaban J connectivity index is 1.94. The maximum atomic E-state index is 11.8. The first-order valence-electron chi connectivity index (χ1n) is 6.51. The van der Waals surface area contributed by atoms with E-state index in [9.17, 15) is 9.59 Å². The first kappa shape index (κ1) is 12.6. The van der Waals surface area contributed by atoms with Crippen molar-refractivity contribution in [1.82, 2.24) is 14.6 Å². The highest BCUT2D eigenvalue weighted by Crippen LogP contribution is 2.30. The van der Waals surface area contributed by atoms with Crippen LogP contribution in [-0.2, 0) is 9.53 Å². The Hall–Kier alpha value is -2.44. The molecular formula is C13H14N4O3. The zero-order valence-electron chi connectivity index (χ0n) is 11.0. The van der Waals surface area contributed by atoms with Crippen LogP contribution in [0.4, 0.5) is 5.82 Å². The van der Waals surface area contributed by atoms with E-state index in [0.717, 1.165) is 12.8 Å². The number of esters is 1. The Morgan fingerprint density at radius 3 is 3.00 bits per heavy atom. The second-order valence-electron chi connectivity index (χ2n) is 4.61. The van der Waals surface area contributed by atoms with E-state index >= 15 is 0 Å². The van der Waals surface area contributed by atoms with Crippen molar-refractivity contribution in [1.29, 1.82) is 0 Å². The number of carbonyl (C=O) groups excluding carboxylic acids is 2. The minimum Gasteiger partial charge on any atom is -0.462 e. The van der Waals surface area contributed by atoms with Crippen LogP contribution in [0.2, 0.25) is 0 Å². The van der Waals surface area contributed by atoms with Crippen LogP contribution in [0.5, 0.6) is 0 Å². The van der Waals surface area contributed by atoms with Crippen LogP contribution in [0.1, 0.15) is 30.1 Å². The van der Waals surface area contributed by atoms with Gasteiger partial charge in [0.15, 0.2) is 11.5 Å². The fourth-order valence-electron chi connectivity index (χ4n) is 1.92. The van der Waals surface area contributed by atoms with E-state index in [2.05, 4.69) is 15.4 Å². The fourth-order valence-corrected chi connectivity index (χ4v) is 1.92. The lowest BCUT2D eigenvalue weighted by Crippen LogP contribution is -2.15. The lowest BCUT2D eigenvalue weighted by molar-refractivity contribution is -0.117. The van der Waals surface area contributed by atoms with Crippen molar-refractivity contribution in [3.63, 3.8) is 0 Å². The molecule has 1 fully saturated rings. The minimum atomic E-state index is -0.453. The number of nitrogens with one attached hydrogen (secondary N) is 1. The summed E-state index contributed by atoms with van der Waals surface area (Å²) >= 11 is 0. The van der Waals surface area contributed by atoms with E-state index in [0.29, 0.717) is 23.6 Å². The molecule has 1 N–H and O–H groups in total. The largest absolute Gasteiger partial charge is 0.462 e. The standard InChI is InChI=1S/C13H14N4O3/c1-2-20-13(19)9-5-6-15-17-10(7-14-11(9)17)16-12(18)8-3-4-8/h5-8H,2-4H2,1H3,(H,16,18). The molecule has 1 saturated carbocycles. The second kappa shape index (κ2) is 4.92. The molecule has 0 radical (unpaired) electrons. The van der Waals surface area contributed by atoms with Crippen LogP contribution in [0.25, 0.3) is 5.65 Å². The van der Waals surface area contributed by atoms with E-state index < -0.39 is 5.97 Å². The predicted octanol–water partition coefficient (Wildman–Crippen LogP) is 1.25. The molecule has 0 atom stereocenters. The second-order valence-corrected chi connectivity index (χ2v) is 4.61. The van der Waals surface area contributed by atoms with Crippen molar-refractivity contribution in [2.24, 2.45) is 5.92 Å². The van der Waals surface area contributed by atoms with Crippen LogP contribution in [0.15, 0.2) is 18.5 Å². The molecule has 2 aromatic rings. The molecule has 0 aliphatic heterocycles. The molecule has 7 heteroatoms. The SMILES string of the molecule is CCOC(=O)c1ccnn2c(NC(=O)C3CC3)cnc12. The van der Waals surface area contributed by atoms with Crippen LogP contribution < -0.4 is 5.32 Å². The Morgan fingerprint density at radius 2 is 2.30 bits per heavy atom. The normalized spacial score (nSPS) is 14.2. The number of amides is 1. The van der Waals surface area contributed by atoms with Crippen molar-refractivity contribution >= 4 is 23.3 Å². The van der Waals surface area contributed by atoms with Gasteiger partial charge < -0.3 is 10.1 Å². The van der Waals surface area contributed by atoms with Gasteiger partial charge in [0.05, 0.1) is 12.8 Å².